The third kappa shape index (κ3) is 2.89. The van der Waals surface area contributed by atoms with Crippen molar-refractivity contribution in [1.29, 1.82) is 0 Å². The van der Waals surface area contributed by atoms with E-state index in [-0.39, 0.29) is 5.75 Å². The van der Waals surface area contributed by atoms with Crippen LogP contribution in [0.2, 0.25) is 0 Å². The van der Waals surface area contributed by atoms with E-state index < -0.39 is 0 Å². The normalized spacial score (nSPS) is 21.2. The van der Waals surface area contributed by atoms with Crippen molar-refractivity contribution in [3.8, 4) is 11.5 Å². The Bertz CT molecular complexity index is 340. The van der Waals surface area contributed by atoms with Gasteiger partial charge in [0.2, 0.25) is 0 Å². The topological polar surface area (TPSA) is 32.7 Å². The molecule has 3 nitrogen and oxygen atoms in total. The van der Waals surface area contributed by atoms with Crippen molar-refractivity contribution in [3.63, 3.8) is 0 Å². The summed E-state index contributed by atoms with van der Waals surface area (Å²) >= 11 is 0. The number of nitrogens with zero attached hydrogens (tertiary/aromatic N) is 1. The zero-order valence-corrected chi connectivity index (χ0v) is 9.72. The molecule has 1 aromatic carbocycles. The van der Waals surface area contributed by atoms with Gasteiger partial charge < -0.3 is 14.7 Å². The molecule has 1 aliphatic rings. The smallest absolute Gasteiger partial charge is 0.122 e. The molecule has 0 bridgehead atoms. The summed E-state index contributed by atoms with van der Waals surface area (Å²) in [6, 6.07) is 7.64. The highest BCUT2D eigenvalue weighted by molar-refractivity contribution is 5.31. The van der Waals surface area contributed by atoms with Gasteiger partial charge in [-0.15, -0.1) is 0 Å². The molecule has 1 aromatic rings. The molecule has 1 unspecified atom stereocenters. The lowest BCUT2D eigenvalue weighted by Gasteiger charge is -2.19. The SMILES string of the molecule is CN1CCCC1CCOc1cccc(O)c1. The van der Waals surface area contributed by atoms with Crippen LogP contribution < -0.4 is 4.74 Å². The van der Waals surface area contributed by atoms with E-state index in [0.29, 0.717) is 6.04 Å². The van der Waals surface area contributed by atoms with E-state index in [1.807, 2.05) is 6.07 Å². The number of hydrogen-bond donors (Lipinski definition) is 1. The first-order valence-electron chi connectivity index (χ1n) is 5.88. The van der Waals surface area contributed by atoms with Crippen LogP contribution in [-0.4, -0.2) is 36.2 Å². The first kappa shape index (κ1) is 11.3. The third-order valence-electron chi connectivity index (χ3n) is 3.21. The Morgan fingerprint density at radius 2 is 2.38 bits per heavy atom. The lowest BCUT2D eigenvalue weighted by atomic mass is 10.1. The fourth-order valence-corrected chi connectivity index (χ4v) is 2.23. The van der Waals surface area contributed by atoms with Gasteiger partial charge in [-0.1, -0.05) is 6.07 Å². The largest absolute Gasteiger partial charge is 0.508 e. The van der Waals surface area contributed by atoms with Crippen LogP contribution in [0.15, 0.2) is 24.3 Å². The molecule has 3 heteroatoms. The maximum Gasteiger partial charge on any atom is 0.122 e. The number of phenolic OH excluding ortho intramolecular Hbond substituents is 1. The predicted molar refractivity (Wildman–Crippen MR) is 63.9 cm³/mol. The summed E-state index contributed by atoms with van der Waals surface area (Å²) in [7, 11) is 2.17. The summed E-state index contributed by atoms with van der Waals surface area (Å²) in [5.74, 6) is 1.01. The average molecular weight is 221 g/mol. The van der Waals surface area contributed by atoms with Crippen LogP contribution in [0.1, 0.15) is 19.3 Å². The van der Waals surface area contributed by atoms with Crippen molar-refractivity contribution >= 4 is 0 Å². The molecule has 1 saturated heterocycles. The predicted octanol–water partition coefficient (Wildman–Crippen LogP) is 2.26. The second-order valence-electron chi connectivity index (χ2n) is 4.41. The minimum Gasteiger partial charge on any atom is -0.508 e. The number of phenols is 1. The molecule has 1 aliphatic heterocycles. The van der Waals surface area contributed by atoms with Gasteiger partial charge in [0, 0.05) is 12.1 Å². The molecule has 1 atom stereocenters. The second-order valence-corrected chi connectivity index (χ2v) is 4.41. The molecule has 88 valence electrons. The van der Waals surface area contributed by atoms with Gasteiger partial charge in [0.05, 0.1) is 6.61 Å². The Hall–Kier alpha value is -1.22. The van der Waals surface area contributed by atoms with E-state index in [4.69, 9.17) is 4.74 Å². The fourth-order valence-electron chi connectivity index (χ4n) is 2.23. The van der Waals surface area contributed by atoms with Crippen molar-refractivity contribution in [2.24, 2.45) is 0 Å². The number of ether oxygens (including phenoxy) is 1. The average Bonchev–Trinajstić information content (AvgIpc) is 2.65. The van der Waals surface area contributed by atoms with E-state index in [1.54, 1.807) is 18.2 Å². The van der Waals surface area contributed by atoms with Crippen molar-refractivity contribution in [2.75, 3.05) is 20.2 Å². The second kappa shape index (κ2) is 5.21. The van der Waals surface area contributed by atoms with Crippen LogP contribution in [0, 0.1) is 0 Å². The summed E-state index contributed by atoms with van der Waals surface area (Å²) in [4.78, 5) is 2.39. The standard InChI is InChI=1S/C13H19NO2/c1-14-8-3-4-11(14)7-9-16-13-6-2-5-12(15)10-13/h2,5-6,10-11,15H,3-4,7-9H2,1H3. The van der Waals surface area contributed by atoms with E-state index in [9.17, 15) is 5.11 Å². The van der Waals surface area contributed by atoms with Crippen LogP contribution in [0.4, 0.5) is 0 Å². The molecule has 0 radical (unpaired) electrons. The van der Waals surface area contributed by atoms with Crippen LogP contribution in [0.25, 0.3) is 0 Å². The number of aromatic hydroxyl groups is 1. The van der Waals surface area contributed by atoms with Crippen molar-refractivity contribution < 1.29 is 9.84 Å². The van der Waals surface area contributed by atoms with Crippen molar-refractivity contribution in [1.82, 2.24) is 4.90 Å². The number of rotatable bonds is 4. The van der Waals surface area contributed by atoms with Crippen LogP contribution >= 0.6 is 0 Å². The maximum absolute atomic E-state index is 9.28. The van der Waals surface area contributed by atoms with Gasteiger partial charge in [0.15, 0.2) is 0 Å². The molecule has 0 saturated carbocycles. The zero-order valence-electron chi connectivity index (χ0n) is 9.72. The summed E-state index contributed by atoms with van der Waals surface area (Å²) in [5.41, 5.74) is 0. The number of likely N-dealkylation sites (tertiary alicyclic amines) is 1. The molecular weight excluding hydrogens is 202 g/mol. The minimum absolute atomic E-state index is 0.260. The molecule has 16 heavy (non-hydrogen) atoms. The van der Waals surface area contributed by atoms with E-state index in [1.165, 1.54) is 19.4 Å². The summed E-state index contributed by atoms with van der Waals surface area (Å²) in [6.07, 6.45) is 3.64. The minimum atomic E-state index is 0.260. The van der Waals surface area contributed by atoms with Crippen molar-refractivity contribution in [2.45, 2.75) is 25.3 Å². The summed E-state index contributed by atoms with van der Waals surface area (Å²) < 4.78 is 5.61. The van der Waals surface area contributed by atoms with Crippen LogP contribution in [0.5, 0.6) is 11.5 Å². The van der Waals surface area contributed by atoms with E-state index in [0.717, 1.165) is 18.8 Å². The van der Waals surface area contributed by atoms with Crippen LogP contribution in [0.3, 0.4) is 0 Å². The van der Waals surface area contributed by atoms with Crippen molar-refractivity contribution in [3.05, 3.63) is 24.3 Å². The molecule has 1 heterocycles. The highest BCUT2D eigenvalue weighted by atomic mass is 16.5. The quantitative estimate of drug-likeness (QED) is 0.846. The van der Waals surface area contributed by atoms with Gasteiger partial charge in [-0.25, -0.2) is 0 Å². The van der Waals surface area contributed by atoms with Gasteiger partial charge >= 0.3 is 0 Å². The van der Waals surface area contributed by atoms with Gasteiger partial charge in [0.1, 0.15) is 11.5 Å². The molecule has 1 N–H and O–H groups in total. The third-order valence-corrected chi connectivity index (χ3v) is 3.21. The number of benzene rings is 1. The van der Waals surface area contributed by atoms with Gasteiger partial charge in [0.25, 0.3) is 0 Å². The zero-order chi connectivity index (χ0) is 11.4. The monoisotopic (exact) mass is 221 g/mol. The molecule has 2 rings (SSSR count). The molecule has 0 amide bonds. The Labute approximate surface area is 96.6 Å². The van der Waals surface area contributed by atoms with E-state index in [2.05, 4.69) is 11.9 Å². The molecule has 0 spiro atoms. The molecule has 0 aliphatic carbocycles. The Balaban J connectivity index is 1.75. The van der Waals surface area contributed by atoms with Gasteiger partial charge in [-0.05, 0) is 45.0 Å². The Morgan fingerprint density at radius 1 is 1.50 bits per heavy atom. The van der Waals surface area contributed by atoms with Gasteiger partial charge in [-0.2, -0.15) is 0 Å². The molecule has 0 aromatic heterocycles. The first-order valence-corrected chi connectivity index (χ1v) is 5.88. The first-order chi connectivity index (χ1) is 7.75. The highest BCUT2D eigenvalue weighted by Gasteiger charge is 2.20. The van der Waals surface area contributed by atoms with Crippen LogP contribution in [-0.2, 0) is 0 Å². The summed E-state index contributed by atoms with van der Waals surface area (Å²) in [5, 5.41) is 9.28. The lowest BCUT2D eigenvalue weighted by molar-refractivity contribution is 0.233. The maximum atomic E-state index is 9.28. The Morgan fingerprint density at radius 3 is 3.06 bits per heavy atom. The van der Waals surface area contributed by atoms with Gasteiger partial charge in [-0.3, -0.25) is 0 Å². The lowest BCUT2D eigenvalue weighted by Crippen LogP contribution is -2.26. The molecule has 1 fully saturated rings. The molecular formula is C13H19NO2. The fraction of sp³-hybridized carbons (Fsp3) is 0.538. The van der Waals surface area contributed by atoms with E-state index >= 15 is 0 Å². The summed E-state index contributed by atoms with van der Waals surface area (Å²) in [6.45, 7) is 1.93. The highest BCUT2D eigenvalue weighted by Crippen LogP contribution is 2.20. The number of hydrogen-bond acceptors (Lipinski definition) is 3. The Kier molecular flexibility index (Phi) is 3.67.